The second-order valence-corrected chi connectivity index (χ2v) is 7.77. The van der Waals surface area contributed by atoms with Gasteiger partial charge in [-0.25, -0.2) is 4.79 Å². The van der Waals surface area contributed by atoms with Crippen molar-refractivity contribution < 1.29 is 19.5 Å². The molecule has 2 aliphatic rings. The van der Waals surface area contributed by atoms with E-state index < -0.39 is 11.4 Å². The maximum Gasteiger partial charge on any atom is 0.319 e. The van der Waals surface area contributed by atoms with E-state index in [4.69, 9.17) is 0 Å². The van der Waals surface area contributed by atoms with Crippen molar-refractivity contribution in [2.45, 2.75) is 26.8 Å². The topological polar surface area (TPSA) is 99.0 Å². The number of hydrogen-bond donors (Lipinski definition) is 1. The van der Waals surface area contributed by atoms with Crippen LogP contribution < -0.4 is 0 Å². The number of carbonyl (C=O) groups excluding carboxylic acids is 2. The largest absolute Gasteiger partial charge is 0.481 e. The number of carbonyl (C=O) groups is 3. The predicted octanol–water partition coefficient (Wildman–Crippen LogP) is 0.742. The molecule has 1 aromatic rings. The molecule has 9 heteroatoms. The predicted molar refractivity (Wildman–Crippen MR) is 97.4 cm³/mol. The Morgan fingerprint density at radius 1 is 1.26 bits per heavy atom. The molecule has 0 spiro atoms. The van der Waals surface area contributed by atoms with Crippen LogP contribution in [0.3, 0.4) is 0 Å². The van der Waals surface area contributed by atoms with Crippen molar-refractivity contribution in [1.29, 1.82) is 0 Å². The normalized spacial score (nSPS) is 24.2. The lowest BCUT2D eigenvalue weighted by Crippen LogP contribution is -2.45. The molecule has 9 nitrogen and oxygen atoms in total. The maximum absolute atomic E-state index is 13.0. The maximum atomic E-state index is 13.0. The van der Waals surface area contributed by atoms with E-state index in [1.807, 2.05) is 13.8 Å². The van der Waals surface area contributed by atoms with E-state index in [-0.39, 0.29) is 30.9 Å². The Hall–Kier alpha value is -2.58. The Kier molecular flexibility index (Phi) is 4.88. The van der Waals surface area contributed by atoms with Gasteiger partial charge in [0, 0.05) is 58.4 Å². The van der Waals surface area contributed by atoms with E-state index in [9.17, 15) is 19.5 Å². The molecule has 2 aliphatic heterocycles. The second kappa shape index (κ2) is 6.86. The van der Waals surface area contributed by atoms with Crippen LogP contribution in [0.2, 0.25) is 0 Å². The molecule has 27 heavy (non-hydrogen) atoms. The molecule has 0 unspecified atom stereocenters. The number of aryl methyl sites for hydroxylation is 1. The summed E-state index contributed by atoms with van der Waals surface area (Å²) in [7, 11) is 3.30. The van der Waals surface area contributed by atoms with Gasteiger partial charge in [-0.3, -0.25) is 14.3 Å². The fourth-order valence-electron chi connectivity index (χ4n) is 4.21. The van der Waals surface area contributed by atoms with Gasteiger partial charge < -0.3 is 19.8 Å². The highest BCUT2D eigenvalue weighted by Gasteiger charge is 2.59. The van der Waals surface area contributed by atoms with Gasteiger partial charge in [0.15, 0.2) is 0 Å². The fourth-order valence-corrected chi connectivity index (χ4v) is 4.21. The zero-order valence-corrected chi connectivity index (χ0v) is 16.3. The SMILES string of the molecule is CCCn1ncc(C(=O)N2C[C@H]3CN(C(=O)N(C)C)C[C@@]3(C(=O)O)C2)c1C. The summed E-state index contributed by atoms with van der Waals surface area (Å²) in [4.78, 5) is 42.0. The number of nitrogens with zero attached hydrogens (tertiary/aromatic N) is 5. The first-order valence-electron chi connectivity index (χ1n) is 9.22. The van der Waals surface area contributed by atoms with E-state index in [2.05, 4.69) is 5.10 Å². The highest BCUT2D eigenvalue weighted by atomic mass is 16.4. The first-order valence-corrected chi connectivity index (χ1v) is 9.22. The molecule has 0 bridgehead atoms. The molecule has 1 N–H and O–H groups in total. The average molecular weight is 377 g/mol. The number of urea groups is 1. The van der Waals surface area contributed by atoms with Crippen LogP contribution in [0.5, 0.6) is 0 Å². The van der Waals surface area contributed by atoms with Gasteiger partial charge in [0.2, 0.25) is 0 Å². The molecule has 0 aliphatic carbocycles. The molecular formula is C18H27N5O4. The number of aliphatic carboxylic acids is 1. The number of carboxylic acid groups (broad SMARTS) is 1. The summed E-state index contributed by atoms with van der Waals surface area (Å²) < 4.78 is 1.80. The monoisotopic (exact) mass is 377 g/mol. The molecule has 2 saturated heterocycles. The lowest BCUT2D eigenvalue weighted by Gasteiger charge is -2.27. The van der Waals surface area contributed by atoms with Gasteiger partial charge in [0.25, 0.3) is 5.91 Å². The van der Waals surface area contributed by atoms with E-state index in [0.717, 1.165) is 18.7 Å². The van der Waals surface area contributed by atoms with Crippen LogP contribution in [-0.2, 0) is 11.3 Å². The Morgan fingerprint density at radius 3 is 2.44 bits per heavy atom. The van der Waals surface area contributed by atoms with Gasteiger partial charge in [-0.05, 0) is 13.3 Å². The van der Waals surface area contributed by atoms with Crippen LogP contribution in [0, 0.1) is 18.3 Å². The lowest BCUT2D eigenvalue weighted by molar-refractivity contribution is -0.148. The molecule has 3 rings (SSSR count). The summed E-state index contributed by atoms with van der Waals surface area (Å²) in [6.45, 7) is 5.56. The van der Waals surface area contributed by atoms with E-state index >= 15 is 0 Å². The van der Waals surface area contributed by atoms with Crippen LogP contribution in [0.1, 0.15) is 29.4 Å². The summed E-state index contributed by atoms with van der Waals surface area (Å²) in [6.07, 6.45) is 2.48. The van der Waals surface area contributed by atoms with Crippen LogP contribution in [0.4, 0.5) is 4.79 Å². The lowest BCUT2D eigenvalue weighted by atomic mass is 9.81. The van der Waals surface area contributed by atoms with Crippen molar-refractivity contribution in [2.75, 3.05) is 40.3 Å². The number of rotatable bonds is 4. The molecule has 0 radical (unpaired) electrons. The number of amides is 3. The van der Waals surface area contributed by atoms with Crippen molar-refractivity contribution in [3.05, 3.63) is 17.5 Å². The summed E-state index contributed by atoms with van der Waals surface area (Å²) in [5.74, 6) is -1.40. The zero-order valence-electron chi connectivity index (χ0n) is 16.3. The molecule has 1 aromatic heterocycles. The molecule has 2 fully saturated rings. The number of hydrogen-bond acceptors (Lipinski definition) is 4. The van der Waals surface area contributed by atoms with Crippen LogP contribution in [0.25, 0.3) is 0 Å². The van der Waals surface area contributed by atoms with Crippen molar-refractivity contribution >= 4 is 17.9 Å². The summed E-state index contributed by atoms with van der Waals surface area (Å²) in [5, 5.41) is 14.2. The summed E-state index contributed by atoms with van der Waals surface area (Å²) in [5.41, 5.74) is 0.215. The minimum Gasteiger partial charge on any atom is -0.481 e. The van der Waals surface area contributed by atoms with Gasteiger partial charge >= 0.3 is 12.0 Å². The molecular weight excluding hydrogens is 350 g/mol. The summed E-state index contributed by atoms with van der Waals surface area (Å²) >= 11 is 0. The second-order valence-electron chi connectivity index (χ2n) is 7.77. The smallest absolute Gasteiger partial charge is 0.319 e. The highest BCUT2D eigenvalue weighted by Crippen LogP contribution is 2.43. The number of carboxylic acids is 1. The molecule has 0 saturated carbocycles. The Labute approximate surface area is 158 Å². The Morgan fingerprint density at radius 2 is 1.89 bits per heavy atom. The van der Waals surface area contributed by atoms with Gasteiger partial charge in [-0.1, -0.05) is 6.92 Å². The van der Waals surface area contributed by atoms with Crippen molar-refractivity contribution in [3.8, 4) is 0 Å². The third kappa shape index (κ3) is 3.04. The third-order valence-corrected chi connectivity index (χ3v) is 5.74. The van der Waals surface area contributed by atoms with E-state index in [1.165, 1.54) is 4.90 Å². The average Bonchev–Trinajstić information content (AvgIpc) is 3.25. The first-order chi connectivity index (χ1) is 12.7. The van der Waals surface area contributed by atoms with Gasteiger partial charge in [-0.15, -0.1) is 0 Å². The molecule has 3 heterocycles. The first kappa shape index (κ1) is 19.2. The van der Waals surface area contributed by atoms with Crippen LogP contribution >= 0.6 is 0 Å². The summed E-state index contributed by atoms with van der Waals surface area (Å²) in [6, 6.07) is -0.195. The van der Waals surface area contributed by atoms with E-state index in [1.54, 1.807) is 34.8 Å². The van der Waals surface area contributed by atoms with Gasteiger partial charge in [0.05, 0.1) is 11.8 Å². The minimum atomic E-state index is -1.10. The van der Waals surface area contributed by atoms with Gasteiger partial charge in [0.1, 0.15) is 5.41 Å². The third-order valence-electron chi connectivity index (χ3n) is 5.74. The zero-order chi connectivity index (χ0) is 19.9. The molecule has 3 amide bonds. The molecule has 0 aromatic carbocycles. The Balaban J connectivity index is 1.80. The van der Waals surface area contributed by atoms with Crippen molar-refractivity contribution in [3.63, 3.8) is 0 Å². The van der Waals surface area contributed by atoms with Gasteiger partial charge in [-0.2, -0.15) is 5.10 Å². The standard InChI is InChI=1S/C18H27N5O4/c1-5-6-23-12(2)14(7-19-23)15(24)21-8-13-9-22(17(27)20(3)4)11-18(13,10-21)16(25)26/h7,13H,5-6,8-11H2,1-4H3,(H,25,26)/t13-,18-/m0/s1. The number of likely N-dealkylation sites (tertiary alicyclic amines) is 2. The van der Waals surface area contributed by atoms with Crippen LogP contribution in [0.15, 0.2) is 6.20 Å². The molecule has 148 valence electrons. The molecule has 2 atom stereocenters. The highest BCUT2D eigenvalue weighted by molar-refractivity contribution is 5.96. The van der Waals surface area contributed by atoms with Crippen LogP contribution in [-0.4, -0.2) is 87.8 Å². The minimum absolute atomic E-state index is 0.113. The Bertz CT molecular complexity index is 774. The van der Waals surface area contributed by atoms with Crippen molar-refractivity contribution in [1.82, 2.24) is 24.5 Å². The quantitative estimate of drug-likeness (QED) is 0.834. The number of fused-ring (bicyclic) bond motifs is 1. The fraction of sp³-hybridized carbons (Fsp3) is 0.667. The van der Waals surface area contributed by atoms with E-state index in [0.29, 0.717) is 18.7 Å². The van der Waals surface area contributed by atoms with Crippen molar-refractivity contribution in [2.24, 2.45) is 11.3 Å². The number of aromatic nitrogens is 2.